The van der Waals surface area contributed by atoms with Crippen molar-refractivity contribution in [3.63, 3.8) is 0 Å². The van der Waals surface area contributed by atoms with Crippen LogP contribution < -0.4 is 5.32 Å². The lowest BCUT2D eigenvalue weighted by Gasteiger charge is -2.15. The van der Waals surface area contributed by atoms with Crippen LogP contribution in [-0.2, 0) is 6.54 Å². The Bertz CT molecular complexity index is 372. The van der Waals surface area contributed by atoms with E-state index in [0.29, 0.717) is 6.04 Å². The van der Waals surface area contributed by atoms with Gasteiger partial charge in [0.1, 0.15) is 0 Å². The van der Waals surface area contributed by atoms with Crippen molar-refractivity contribution in [2.45, 2.75) is 31.8 Å². The largest absolute Gasteiger partial charge is 0.319 e. The van der Waals surface area contributed by atoms with E-state index in [1.807, 2.05) is 11.7 Å². The minimum Gasteiger partial charge on any atom is -0.319 e. The Morgan fingerprint density at radius 2 is 2.24 bits per heavy atom. The van der Waals surface area contributed by atoms with Gasteiger partial charge in [0.15, 0.2) is 5.82 Å². The van der Waals surface area contributed by atoms with Crippen LogP contribution in [0.2, 0.25) is 0 Å². The van der Waals surface area contributed by atoms with Gasteiger partial charge in [0, 0.05) is 6.54 Å². The molecule has 1 saturated carbocycles. The van der Waals surface area contributed by atoms with E-state index in [-0.39, 0.29) is 0 Å². The van der Waals surface area contributed by atoms with Crippen molar-refractivity contribution in [1.29, 1.82) is 0 Å². The molecule has 0 amide bonds. The van der Waals surface area contributed by atoms with Crippen LogP contribution in [0.4, 0.5) is 0 Å². The SMILES string of the molecule is CNCC1CCN(Cc2nnnn2C2CC2)C1. The number of aromatic nitrogens is 4. The standard InChI is InChI=1S/C11H20N6/c1-12-6-9-4-5-16(7-9)8-11-13-14-15-17(11)10-2-3-10/h9-10,12H,2-8H2,1H3. The monoisotopic (exact) mass is 236 g/mol. The van der Waals surface area contributed by atoms with E-state index >= 15 is 0 Å². The normalized spacial score (nSPS) is 25.6. The Balaban J connectivity index is 1.58. The lowest BCUT2D eigenvalue weighted by Crippen LogP contribution is -2.25. The summed E-state index contributed by atoms with van der Waals surface area (Å²) in [6.07, 6.45) is 3.76. The summed E-state index contributed by atoms with van der Waals surface area (Å²) >= 11 is 0. The molecular formula is C11H20N6. The lowest BCUT2D eigenvalue weighted by atomic mass is 10.1. The zero-order valence-corrected chi connectivity index (χ0v) is 10.3. The summed E-state index contributed by atoms with van der Waals surface area (Å²) < 4.78 is 2.02. The van der Waals surface area contributed by atoms with Gasteiger partial charge in [-0.3, -0.25) is 4.90 Å². The molecule has 1 unspecified atom stereocenters. The molecule has 1 atom stereocenters. The van der Waals surface area contributed by atoms with Crippen LogP contribution >= 0.6 is 0 Å². The molecule has 0 aromatic carbocycles. The van der Waals surface area contributed by atoms with E-state index in [9.17, 15) is 0 Å². The van der Waals surface area contributed by atoms with Gasteiger partial charge in [-0.2, -0.15) is 0 Å². The fourth-order valence-corrected chi connectivity index (χ4v) is 2.63. The Hall–Kier alpha value is -1.01. The second-order valence-electron chi connectivity index (χ2n) is 5.22. The summed E-state index contributed by atoms with van der Waals surface area (Å²) in [4.78, 5) is 2.46. The maximum absolute atomic E-state index is 4.16. The first-order valence-corrected chi connectivity index (χ1v) is 6.50. The van der Waals surface area contributed by atoms with Crippen LogP contribution in [0.25, 0.3) is 0 Å². The van der Waals surface area contributed by atoms with Crippen LogP contribution in [0.1, 0.15) is 31.1 Å². The van der Waals surface area contributed by atoms with Crippen molar-refractivity contribution in [1.82, 2.24) is 30.4 Å². The summed E-state index contributed by atoms with van der Waals surface area (Å²) in [6.45, 7) is 4.36. The molecule has 6 heteroatoms. The number of nitrogens with one attached hydrogen (secondary N) is 1. The number of tetrazole rings is 1. The fraction of sp³-hybridized carbons (Fsp3) is 0.909. The van der Waals surface area contributed by atoms with Crippen molar-refractivity contribution in [2.75, 3.05) is 26.7 Å². The fourth-order valence-electron chi connectivity index (χ4n) is 2.63. The molecule has 1 aliphatic carbocycles. The Labute approximate surface area is 101 Å². The summed E-state index contributed by atoms with van der Waals surface area (Å²) in [5, 5.41) is 15.3. The molecule has 0 radical (unpaired) electrons. The van der Waals surface area contributed by atoms with Crippen LogP contribution in [0.15, 0.2) is 0 Å². The molecule has 17 heavy (non-hydrogen) atoms. The Morgan fingerprint density at radius 1 is 1.35 bits per heavy atom. The van der Waals surface area contributed by atoms with E-state index in [1.54, 1.807) is 0 Å². The summed E-state index contributed by atoms with van der Waals surface area (Å²) in [7, 11) is 2.02. The maximum Gasteiger partial charge on any atom is 0.165 e. The molecular weight excluding hydrogens is 216 g/mol. The number of rotatable bonds is 5. The zero-order chi connectivity index (χ0) is 11.7. The van der Waals surface area contributed by atoms with Gasteiger partial charge in [-0.1, -0.05) is 0 Å². The molecule has 0 bridgehead atoms. The van der Waals surface area contributed by atoms with Gasteiger partial charge in [0.25, 0.3) is 0 Å². The second-order valence-corrected chi connectivity index (χ2v) is 5.22. The topological polar surface area (TPSA) is 58.9 Å². The highest BCUT2D eigenvalue weighted by Crippen LogP contribution is 2.34. The molecule has 2 aliphatic rings. The van der Waals surface area contributed by atoms with Crippen molar-refractivity contribution >= 4 is 0 Å². The smallest absolute Gasteiger partial charge is 0.165 e. The third-order valence-electron chi connectivity index (χ3n) is 3.68. The Morgan fingerprint density at radius 3 is 3.00 bits per heavy atom. The Kier molecular flexibility index (Phi) is 3.07. The second kappa shape index (κ2) is 4.70. The molecule has 3 rings (SSSR count). The van der Waals surface area contributed by atoms with Gasteiger partial charge >= 0.3 is 0 Å². The first kappa shape index (κ1) is 11.1. The molecule has 1 N–H and O–H groups in total. The van der Waals surface area contributed by atoms with Gasteiger partial charge in [-0.05, 0) is 55.7 Å². The number of hydrogen-bond acceptors (Lipinski definition) is 5. The van der Waals surface area contributed by atoms with Crippen molar-refractivity contribution < 1.29 is 0 Å². The minimum absolute atomic E-state index is 0.579. The highest BCUT2D eigenvalue weighted by atomic mass is 15.6. The third kappa shape index (κ3) is 2.47. The van der Waals surface area contributed by atoms with E-state index in [4.69, 9.17) is 0 Å². The van der Waals surface area contributed by atoms with Gasteiger partial charge in [-0.25, -0.2) is 4.68 Å². The number of hydrogen-bond donors (Lipinski definition) is 1. The molecule has 94 valence electrons. The molecule has 2 heterocycles. The number of likely N-dealkylation sites (tertiary alicyclic amines) is 1. The molecule has 1 aliphatic heterocycles. The average Bonchev–Trinajstić information content (AvgIpc) is 2.91. The minimum atomic E-state index is 0.579. The first-order chi connectivity index (χ1) is 8.36. The summed E-state index contributed by atoms with van der Waals surface area (Å²) in [6, 6.07) is 0.579. The maximum atomic E-state index is 4.16. The van der Waals surface area contributed by atoms with Crippen LogP contribution in [0.3, 0.4) is 0 Å². The lowest BCUT2D eigenvalue weighted by molar-refractivity contribution is 0.300. The highest BCUT2D eigenvalue weighted by molar-refractivity contribution is 4.91. The average molecular weight is 236 g/mol. The van der Waals surface area contributed by atoms with E-state index in [1.165, 1.54) is 32.4 Å². The first-order valence-electron chi connectivity index (χ1n) is 6.50. The van der Waals surface area contributed by atoms with Crippen LogP contribution in [0, 0.1) is 5.92 Å². The van der Waals surface area contributed by atoms with Gasteiger partial charge in [0.2, 0.25) is 0 Å². The summed E-state index contributed by atoms with van der Waals surface area (Å²) in [5.41, 5.74) is 0. The van der Waals surface area contributed by atoms with E-state index < -0.39 is 0 Å². The van der Waals surface area contributed by atoms with E-state index in [2.05, 4.69) is 25.7 Å². The molecule has 1 aromatic heterocycles. The van der Waals surface area contributed by atoms with Crippen molar-refractivity contribution in [2.24, 2.45) is 5.92 Å². The van der Waals surface area contributed by atoms with Gasteiger partial charge < -0.3 is 5.32 Å². The van der Waals surface area contributed by atoms with E-state index in [0.717, 1.165) is 24.8 Å². The number of nitrogens with zero attached hydrogens (tertiary/aromatic N) is 5. The quantitative estimate of drug-likeness (QED) is 0.783. The molecule has 2 fully saturated rings. The highest BCUT2D eigenvalue weighted by Gasteiger charge is 2.29. The predicted molar refractivity (Wildman–Crippen MR) is 63.4 cm³/mol. The zero-order valence-electron chi connectivity index (χ0n) is 10.3. The van der Waals surface area contributed by atoms with Gasteiger partial charge in [0.05, 0.1) is 12.6 Å². The third-order valence-corrected chi connectivity index (χ3v) is 3.68. The van der Waals surface area contributed by atoms with Gasteiger partial charge in [-0.15, -0.1) is 5.10 Å². The van der Waals surface area contributed by atoms with Crippen molar-refractivity contribution in [3.05, 3.63) is 5.82 Å². The molecule has 1 saturated heterocycles. The van der Waals surface area contributed by atoms with Crippen LogP contribution in [-0.4, -0.2) is 51.8 Å². The molecule has 1 aromatic rings. The predicted octanol–water partition coefficient (Wildman–Crippen LogP) is 0.0493. The van der Waals surface area contributed by atoms with Crippen molar-refractivity contribution in [3.8, 4) is 0 Å². The molecule has 0 spiro atoms. The van der Waals surface area contributed by atoms with Crippen LogP contribution in [0.5, 0.6) is 0 Å². The summed E-state index contributed by atoms with van der Waals surface area (Å²) in [5.74, 6) is 1.82. The molecule has 6 nitrogen and oxygen atoms in total.